The van der Waals surface area contributed by atoms with Gasteiger partial charge < -0.3 is 10.6 Å². The van der Waals surface area contributed by atoms with Gasteiger partial charge in [0.15, 0.2) is 0 Å². The zero-order chi connectivity index (χ0) is 15.0. The van der Waals surface area contributed by atoms with Crippen LogP contribution in [0.3, 0.4) is 0 Å². The van der Waals surface area contributed by atoms with Gasteiger partial charge in [0.25, 0.3) is 0 Å². The number of hydrogen-bond donors (Lipinski definition) is 2. The largest absolute Gasteiger partial charge is 0.353 e. The monoisotopic (exact) mass is 362 g/mol. The Morgan fingerprint density at radius 1 is 1.27 bits per heavy atom. The summed E-state index contributed by atoms with van der Waals surface area (Å²) in [6.07, 6.45) is 1.90. The van der Waals surface area contributed by atoms with Gasteiger partial charge in [-0.15, -0.1) is 12.4 Å². The fourth-order valence-corrected chi connectivity index (χ4v) is 3.70. The molecule has 0 spiro atoms. The van der Waals surface area contributed by atoms with Crippen LogP contribution in [-0.2, 0) is 4.79 Å². The molecule has 1 saturated heterocycles. The number of benzene rings is 1. The summed E-state index contributed by atoms with van der Waals surface area (Å²) in [5, 5.41) is 7.83. The Bertz CT molecular complexity index is 532. The van der Waals surface area contributed by atoms with E-state index in [0.717, 1.165) is 31.5 Å². The number of carbonyl (C=O) groups is 1. The van der Waals surface area contributed by atoms with Gasteiger partial charge in [-0.25, -0.2) is 0 Å². The molecule has 6 heteroatoms. The molecule has 2 aliphatic rings. The number of amides is 1. The van der Waals surface area contributed by atoms with E-state index in [2.05, 4.69) is 17.6 Å². The second-order valence-corrected chi connectivity index (χ2v) is 7.11. The number of carbonyl (C=O) groups excluding carboxylic acids is 1. The highest BCUT2D eigenvalue weighted by Gasteiger charge is 2.44. The highest BCUT2D eigenvalue weighted by molar-refractivity contribution is 6.34. The van der Waals surface area contributed by atoms with Crippen LogP contribution in [0.25, 0.3) is 0 Å². The molecule has 0 radical (unpaired) electrons. The van der Waals surface area contributed by atoms with Crippen LogP contribution >= 0.6 is 35.6 Å². The number of piperidine rings is 1. The molecule has 0 bridgehead atoms. The van der Waals surface area contributed by atoms with Gasteiger partial charge in [-0.3, -0.25) is 4.79 Å². The Hall–Kier alpha value is -0.480. The van der Waals surface area contributed by atoms with Gasteiger partial charge >= 0.3 is 0 Å². The number of nitrogens with one attached hydrogen (secondary N) is 2. The lowest BCUT2D eigenvalue weighted by atomic mass is 9.95. The number of rotatable bonds is 3. The maximum atomic E-state index is 12.4. The van der Waals surface area contributed by atoms with Crippen molar-refractivity contribution in [2.45, 2.75) is 31.7 Å². The lowest BCUT2D eigenvalue weighted by molar-refractivity contribution is -0.123. The van der Waals surface area contributed by atoms with Crippen molar-refractivity contribution < 1.29 is 4.79 Å². The molecule has 1 aromatic carbocycles. The van der Waals surface area contributed by atoms with Crippen LogP contribution in [0.1, 0.15) is 31.2 Å². The molecule has 2 fully saturated rings. The summed E-state index contributed by atoms with van der Waals surface area (Å²) in [7, 11) is 0. The zero-order valence-corrected chi connectivity index (χ0v) is 14.8. The van der Waals surface area contributed by atoms with Crippen molar-refractivity contribution in [3.8, 4) is 0 Å². The summed E-state index contributed by atoms with van der Waals surface area (Å²) in [6, 6.07) is 5.85. The molecule has 3 nitrogen and oxygen atoms in total. The second kappa shape index (κ2) is 7.39. The van der Waals surface area contributed by atoms with Crippen LogP contribution in [0.2, 0.25) is 10.0 Å². The minimum absolute atomic E-state index is 0. The van der Waals surface area contributed by atoms with E-state index in [-0.39, 0.29) is 30.2 Å². The summed E-state index contributed by atoms with van der Waals surface area (Å²) in [5.74, 6) is 0.996. The first-order chi connectivity index (χ1) is 10.0. The van der Waals surface area contributed by atoms with E-state index in [1.165, 1.54) is 0 Å². The zero-order valence-electron chi connectivity index (χ0n) is 12.4. The molecular formula is C16H21Cl3N2O. The van der Waals surface area contributed by atoms with Crippen LogP contribution < -0.4 is 10.6 Å². The van der Waals surface area contributed by atoms with Gasteiger partial charge in [-0.1, -0.05) is 30.1 Å². The summed E-state index contributed by atoms with van der Waals surface area (Å²) >= 11 is 12.1. The van der Waals surface area contributed by atoms with Gasteiger partial charge in [0.05, 0.1) is 0 Å². The van der Waals surface area contributed by atoms with E-state index in [1.54, 1.807) is 6.07 Å². The van der Waals surface area contributed by atoms with Gasteiger partial charge in [-0.05, 0) is 61.5 Å². The molecule has 4 unspecified atom stereocenters. The third-order valence-electron chi connectivity index (χ3n) is 4.55. The summed E-state index contributed by atoms with van der Waals surface area (Å²) in [5.41, 5.74) is 1.08. The number of halogens is 3. The van der Waals surface area contributed by atoms with Crippen molar-refractivity contribution in [3.05, 3.63) is 33.8 Å². The molecule has 4 atom stereocenters. The summed E-state index contributed by atoms with van der Waals surface area (Å²) < 4.78 is 0. The lowest BCUT2D eigenvalue weighted by Gasteiger charge is -2.30. The Labute approximate surface area is 147 Å². The summed E-state index contributed by atoms with van der Waals surface area (Å²) in [6.45, 7) is 4.13. The van der Waals surface area contributed by atoms with Crippen LogP contribution in [0.5, 0.6) is 0 Å². The minimum Gasteiger partial charge on any atom is -0.353 e. The van der Waals surface area contributed by atoms with Crippen molar-refractivity contribution in [3.63, 3.8) is 0 Å². The summed E-state index contributed by atoms with van der Waals surface area (Å²) in [4.78, 5) is 12.4. The van der Waals surface area contributed by atoms with Gasteiger partial charge in [0, 0.05) is 22.0 Å². The predicted molar refractivity (Wildman–Crippen MR) is 93.1 cm³/mol. The fraction of sp³-hybridized carbons (Fsp3) is 0.562. The maximum absolute atomic E-state index is 12.4. The van der Waals surface area contributed by atoms with E-state index in [1.807, 2.05) is 12.1 Å². The van der Waals surface area contributed by atoms with Gasteiger partial charge in [0.2, 0.25) is 5.91 Å². The average Bonchev–Trinajstić information content (AvgIpc) is 3.20. The molecule has 22 heavy (non-hydrogen) atoms. The molecule has 1 saturated carbocycles. The normalized spacial score (nSPS) is 30.3. The standard InChI is InChI=1S/C16H20Cl2N2O.ClH/c1-9-8-19-3-2-15(9)20-16(21)14-7-13(14)10-4-11(17)6-12(18)5-10;/h4-6,9,13-15,19H,2-3,7-8H2,1H3,(H,20,21);1H. The van der Waals surface area contributed by atoms with E-state index in [4.69, 9.17) is 23.2 Å². The quantitative estimate of drug-likeness (QED) is 0.861. The lowest BCUT2D eigenvalue weighted by Crippen LogP contribution is -2.48. The fourth-order valence-electron chi connectivity index (χ4n) is 3.16. The van der Waals surface area contributed by atoms with Crippen LogP contribution in [0, 0.1) is 11.8 Å². The SMILES string of the molecule is CC1CNCCC1NC(=O)C1CC1c1cc(Cl)cc(Cl)c1.Cl. The molecule has 1 aliphatic heterocycles. The molecule has 0 aromatic heterocycles. The van der Waals surface area contributed by atoms with Crippen molar-refractivity contribution in [2.24, 2.45) is 11.8 Å². The van der Waals surface area contributed by atoms with Crippen LogP contribution in [0.4, 0.5) is 0 Å². The van der Waals surface area contributed by atoms with E-state index < -0.39 is 0 Å². The predicted octanol–water partition coefficient (Wildman–Crippen LogP) is 3.63. The molecular weight excluding hydrogens is 343 g/mol. The average molecular weight is 364 g/mol. The molecule has 1 aromatic rings. The molecule has 1 amide bonds. The Kier molecular flexibility index (Phi) is 6.00. The highest BCUT2D eigenvalue weighted by Crippen LogP contribution is 2.48. The third kappa shape index (κ3) is 4.08. The third-order valence-corrected chi connectivity index (χ3v) is 4.99. The topological polar surface area (TPSA) is 41.1 Å². The molecule has 3 rings (SSSR count). The van der Waals surface area contributed by atoms with Crippen LogP contribution in [0.15, 0.2) is 18.2 Å². The van der Waals surface area contributed by atoms with Gasteiger partial charge in [0.1, 0.15) is 0 Å². The first kappa shape index (κ1) is 17.9. The van der Waals surface area contributed by atoms with Crippen molar-refractivity contribution >= 4 is 41.5 Å². The Balaban J connectivity index is 0.00000176. The molecule has 1 aliphatic carbocycles. The number of hydrogen-bond acceptors (Lipinski definition) is 2. The molecule has 122 valence electrons. The van der Waals surface area contributed by atoms with E-state index >= 15 is 0 Å². The second-order valence-electron chi connectivity index (χ2n) is 6.24. The van der Waals surface area contributed by atoms with Crippen molar-refractivity contribution in [1.29, 1.82) is 0 Å². The van der Waals surface area contributed by atoms with Crippen molar-refractivity contribution in [1.82, 2.24) is 10.6 Å². The molecule has 2 N–H and O–H groups in total. The van der Waals surface area contributed by atoms with E-state index in [9.17, 15) is 4.79 Å². The Morgan fingerprint density at radius 2 is 1.95 bits per heavy atom. The maximum Gasteiger partial charge on any atom is 0.223 e. The minimum atomic E-state index is 0. The highest BCUT2D eigenvalue weighted by atomic mass is 35.5. The smallest absolute Gasteiger partial charge is 0.223 e. The Morgan fingerprint density at radius 3 is 2.59 bits per heavy atom. The van der Waals surface area contributed by atoms with Gasteiger partial charge in [-0.2, -0.15) is 0 Å². The molecule has 1 heterocycles. The van der Waals surface area contributed by atoms with Crippen molar-refractivity contribution in [2.75, 3.05) is 13.1 Å². The van der Waals surface area contributed by atoms with Crippen LogP contribution in [-0.4, -0.2) is 25.0 Å². The van der Waals surface area contributed by atoms with E-state index in [0.29, 0.717) is 22.0 Å². The first-order valence-corrected chi connectivity index (χ1v) is 8.27. The first-order valence-electron chi connectivity index (χ1n) is 7.51.